The maximum Gasteiger partial charge on any atom is 0.264 e. The van der Waals surface area contributed by atoms with Crippen molar-refractivity contribution in [1.29, 1.82) is 0 Å². The number of hydrogen-bond acceptors (Lipinski definition) is 6. The maximum atomic E-state index is 12.8. The summed E-state index contributed by atoms with van der Waals surface area (Å²) in [6, 6.07) is 27.7. The average Bonchev–Trinajstić information content (AvgIpc) is 2.98. The molecule has 0 atom stereocenters. The Morgan fingerprint density at radius 2 is 1.59 bits per heavy atom. The van der Waals surface area contributed by atoms with Crippen LogP contribution < -0.4 is 10.3 Å². The molecular weight excluding hydrogens is 512 g/mol. The Kier molecular flexibility index (Phi) is 8.21. The predicted molar refractivity (Wildman–Crippen MR) is 155 cm³/mol. The van der Waals surface area contributed by atoms with Crippen molar-refractivity contribution < 1.29 is 9.57 Å². The number of allylic oxidation sites excluding steroid dienone is 2. The van der Waals surface area contributed by atoms with E-state index in [0.29, 0.717) is 33.1 Å². The highest BCUT2D eigenvalue weighted by Crippen LogP contribution is 2.31. The van der Waals surface area contributed by atoms with Crippen molar-refractivity contribution in [3.63, 3.8) is 0 Å². The van der Waals surface area contributed by atoms with E-state index in [1.54, 1.807) is 42.6 Å². The van der Waals surface area contributed by atoms with E-state index in [1.165, 1.54) is 10.9 Å². The second-order valence-corrected chi connectivity index (χ2v) is 8.71. The summed E-state index contributed by atoms with van der Waals surface area (Å²) in [5.41, 5.74) is 2.49. The van der Waals surface area contributed by atoms with E-state index >= 15 is 0 Å². The van der Waals surface area contributed by atoms with Gasteiger partial charge in [0.1, 0.15) is 23.5 Å². The zero-order valence-electron chi connectivity index (χ0n) is 20.7. The molecule has 0 N–H and O–H groups in total. The lowest BCUT2D eigenvalue weighted by Crippen LogP contribution is -2.21. The average molecular weight is 535 g/mol. The van der Waals surface area contributed by atoms with E-state index in [4.69, 9.17) is 21.2 Å². The number of halogens is 1. The Labute approximate surface area is 230 Å². The number of ether oxygens (including phenoxy) is 1. The minimum atomic E-state index is -0.206. The van der Waals surface area contributed by atoms with Crippen LogP contribution in [0.25, 0.3) is 23.1 Å². The summed E-state index contributed by atoms with van der Waals surface area (Å²) in [6.45, 7) is -0.0996. The van der Waals surface area contributed by atoms with Gasteiger partial charge in [0.05, 0.1) is 21.6 Å². The summed E-state index contributed by atoms with van der Waals surface area (Å²) in [4.78, 5) is 27.0. The van der Waals surface area contributed by atoms with Crippen molar-refractivity contribution in [2.45, 2.75) is 6.73 Å². The summed E-state index contributed by atoms with van der Waals surface area (Å²) >= 11 is 6.28. The van der Waals surface area contributed by atoms with Crippen molar-refractivity contribution in [2.24, 2.45) is 5.16 Å². The van der Waals surface area contributed by atoms with Crippen LogP contribution in [-0.2, 0) is 11.6 Å². The largest absolute Gasteiger partial charge is 0.455 e. The van der Waals surface area contributed by atoms with Gasteiger partial charge in [-0.3, -0.25) is 14.3 Å². The number of oxime groups is 1. The number of nitrogens with zero attached hydrogens (tertiary/aromatic N) is 4. The lowest BCUT2D eigenvalue weighted by atomic mass is 10.1. The second-order valence-electron chi connectivity index (χ2n) is 8.30. The monoisotopic (exact) mass is 534 g/mol. The third kappa shape index (κ3) is 6.66. The van der Waals surface area contributed by atoms with Crippen molar-refractivity contribution in [2.75, 3.05) is 0 Å². The van der Waals surface area contributed by atoms with Gasteiger partial charge in [-0.1, -0.05) is 65.3 Å². The van der Waals surface area contributed by atoms with Crippen molar-refractivity contribution >= 4 is 40.4 Å². The second kappa shape index (κ2) is 12.5. The Morgan fingerprint density at radius 1 is 0.846 bits per heavy atom. The number of benzene rings is 3. The molecule has 0 amide bonds. The molecule has 5 aromatic rings. The number of para-hydroxylation sites is 3. The fourth-order valence-electron chi connectivity index (χ4n) is 3.66. The molecule has 0 saturated carbocycles. The molecule has 0 aliphatic heterocycles. The van der Waals surface area contributed by atoms with Crippen LogP contribution in [0.15, 0.2) is 126 Å². The molecule has 0 spiro atoms. The van der Waals surface area contributed by atoms with Gasteiger partial charge in [0.25, 0.3) is 5.56 Å². The topological polar surface area (TPSA) is 78.6 Å². The Morgan fingerprint density at radius 3 is 2.44 bits per heavy atom. The van der Waals surface area contributed by atoms with Gasteiger partial charge in [0, 0.05) is 11.8 Å². The van der Waals surface area contributed by atoms with Crippen LogP contribution in [0.5, 0.6) is 11.5 Å². The fraction of sp³-hybridized carbons (Fsp3) is 0.0323. The first kappa shape index (κ1) is 25.6. The highest BCUT2D eigenvalue weighted by molar-refractivity contribution is 6.32. The summed E-state index contributed by atoms with van der Waals surface area (Å²) in [5, 5.41) is 5.29. The van der Waals surface area contributed by atoms with Crippen LogP contribution >= 0.6 is 11.6 Å². The number of pyridine rings is 1. The van der Waals surface area contributed by atoms with E-state index in [9.17, 15) is 4.79 Å². The SMILES string of the molecule is O=c1c2ccccc2ncn1CO/N=C(\C=C\c1ccccn1)/C=C/c1ccccc1Oc1ccccc1Cl. The number of fused-ring (bicyclic) bond motifs is 1. The van der Waals surface area contributed by atoms with Crippen LogP contribution in [0.4, 0.5) is 0 Å². The minimum absolute atomic E-state index is 0.0996. The first-order valence-electron chi connectivity index (χ1n) is 12.1. The molecule has 3 aromatic carbocycles. The molecule has 0 fully saturated rings. The van der Waals surface area contributed by atoms with Gasteiger partial charge in [-0.25, -0.2) is 4.98 Å². The van der Waals surface area contributed by atoms with E-state index in [0.717, 1.165) is 11.3 Å². The highest BCUT2D eigenvalue weighted by atomic mass is 35.5. The van der Waals surface area contributed by atoms with Gasteiger partial charge in [0.2, 0.25) is 0 Å². The number of aromatic nitrogens is 3. The Hall–Kier alpha value is -5.01. The van der Waals surface area contributed by atoms with E-state index in [-0.39, 0.29) is 12.3 Å². The predicted octanol–water partition coefficient (Wildman–Crippen LogP) is 6.99. The van der Waals surface area contributed by atoms with Gasteiger partial charge in [-0.2, -0.15) is 0 Å². The van der Waals surface area contributed by atoms with E-state index < -0.39 is 0 Å². The van der Waals surface area contributed by atoms with Crippen molar-refractivity contribution in [3.8, 4) is 11.5 Å². The maximum absolute atomic E-state index is 12.8. The molecule has 8 heteroatoms. The van der Waals surface area contributed by atoms with Crippen LogP contribution in [0, 0.1) is 0 Å². The minimum Gasteiger partial charge on any atom is -0.455 e. The molecule has 0 unspecified atom stereocenters. The van der Waals surface area contributed by atoms with Crippen LogP contribution in [0.2, 0.25) is 5.02 Å². The molecule has 0 aliphatic carbocycles. The Bertz CT molecular complexity index is 1730. The lowest BCUT2D eigenvalue weighted by molar-refractivity contribution is 0.0816. The van der Waals surface area contributed by atoms with Crippen LogP contribution in [0.3, 0.4) is 0 Å². The van der Waals surface area contributed by atoms with Crippen molar-refractivity contribution in [3.05, 3.63) is 142 Å². The summed E-state index contributed by atoms with van der Waals surface area (Å²) in [7, 11) is 0. The van der Waals surface area contributed by atoms with Crippen LogP contribution in [-0.4, -0.2) is 20.2 Å². The summed E-state index contributed by atoms with van der Waals surface area (Å²) in [6.07, 6.45) is 10.4. The molecule has 0 saturated heterocycles. The fourth-order valence-corrected chi connectivity index (χ4v) is 3.83. The highest BCUT2D eigenvalue weighted by Gasteiger charge is 2.06. The molecule has 7 nitrogen and oxygen atoms in total. The van der Waals surface area contributed by atoms with E-state index in [2.05, 4.69) is 15.1 Å². The molecule has 0 aliphatic rings. The third-order valence-corrected chi connectivity index (χ3v) is 5.93. The molecule has 0 bridgehead atoms. The molecule has 2 aromatic heterocycles. The third-order valence-electron chi connectivity index (χ3n) is 5.62. The first-order valence-corrected chi connectivity index (χ1v) is 12.5. The van der Waals surface area contributed by atoms with E-state index in [1.807, 2.05) is 78.9 Å². The number of rotatable bonds is 9. The van der Waals surface area contributed by atoms with Crippen molar-refractivity contribution in [1.82, 2.24) is 14.5 Å². The van der Waals surface area contributed by atoms with Gasteiger partial charge in [-0.05, 0) is 66.8 Å². The van der Waals surface area contributed by atoms with Gasteiger partial charge >= 0.3 is 0 Å². The lowest BCUT2D eigenvalue weighted by Gasteiger charge is -2.10. The van der Waals surface area contributed by atoms with Gasteiger partial charge in [0.15, 0.2) is 6.73 Å². The number of hydrogen-bond donors (Lipinski definition) is 0. The molecule has 5 rings (SSSR count). The normalized spacial score (nSPS) is 11.9. The zero-order chi connectivity index (χ0) is 26.9. The molecular formula is C31H23ClN4O3. The van der Waals surface area contributed by atoms with Gasteiger partial charge in [-0.15, -0.1) is 0 Å². The molecule has 0 radical (unpaired) electrons. The molecule has 39 heavy (non-hydrogen) atoms. The van der Waals surface area contributed by atoms with Gasteiger partial charge < -0.3 is 9.57 Å². The van der Waals surface area contributed by atoms with Crippen LogP contribution in [0.1, 0.15) is 11.3 Å². The Balaban J connectivity index is 1.39. The first-order chi connectivity index (χ1) is 19.2. The molecule has 2 heterocycles. The summed E-state index contributed by atoms with van der Waals surface area (Å²) in [5.74, 6) is 1.19. The smallest absolute Gasteiger partial charge is 0.264 e. The quantitative estimate of drug-likeness (QED) is 0.150. The summed E-state index contributed by atoms with van der Waals surface area (Å²) < 4.78 is 7.43. The zero-order valence-corrected chi connectivity index (χ0v) is 21.5. The standard InChI is InChI=1S/C31H23ClN4O3/c32-27-12-3-6-15-30(27)39-29-14-5-1-9-23(29)16-17-25(19-18-24-10-7-8-20-33-24)35-38-22-36-21-34-28-13-4-2-11-26(28)31(36)37/h1-21H,22H2/b17-16+,19-18+,35-25-. The molecule has 192 valence electrons.